The third-order valence-corrected chi connectivity index (χ3v) is 18.4. The fourth-order valence-corrected chi connectivity index (χ4v) is 14.7. The number of hydrogen-bond acceptors (Lipinski definition) is 7. The van der Waals surface area contributed by atoms with E-state index in [-0.39, 0.29) is 26.9 Å². The predicted octanol–water partition coefficient (Wildman–Crippen LogP) is 11.2. The van der Waals surface area contributed by atoms with E-state index in [1.165, 1.54) is 11.1 Å². The lowest BCUT2D eigenvalue weighted by atomic mass is 9.72. The van der Waals surface area contributed by atoms with Crippen molar-refractivity contribution in [2.24, 2.45) is 0 Å². The van der Waals surface area contributed by atoms with Crippen molar-refractivity contribution in [2.45, 2.75) is 149 Å². The Morgan fingerprint density at radius 3 is 1.61 bits per heavy atom. The van der Waals surface area contributed by atoms with Gasteiger partial charge < -0.3 is 18.9 Å². The normalized spacial score (nSPS) is 28.9. The Bertz CT molecular complexity index is 2610. The van der Waals surface area contributed by atoms with Crippen LogP contribution in [0.2, 0.25) is 0 Å². The van der Waals surface area contributed by atoms with Crippen molar-refractivity contribution in [1.29, 1.82) is 0 Å². The summed E-state index contributed by atoms with van der Waals surface area (Å²) in [7, 11) is -5.63. The molecule has 310 valence electrons. The van der Waals surface area contributed by atoms with Gasteiger partial charge in [-0.25, -0.2) is 8.42 Å². The number of hydrogen-bond donors (Lipinski definition) is 0. The molecule has 6 unspecified atom stereocenters. The first-order valence-electron chi connectivity index (χ1n) is 21.1. The number of sulfone groups is 1. The second-order valence-corrected chi connectivity index (χ2v) is 22.6. The van der Waals surface area contributed by atoms with Gasteiger partial charge in [0.05, 0.1) is 15.7 Å². The maximum atomic E-state index is 14.8. The van der Waals surface area contributed by atoms with E-state index in [1.54, 1.807) is 30.3 Å². The molecule has 0 saturated heterocycles. The van der Waals surface area contributed by atoms with Crippen molar-refractivity contribution in [3.63, 3.8) is 0 Å². The fourth-order valence-electron chi connectivity index (χ4n) is 11.2. The SMILES string of the molecule is CCC1=C(C)C(S(=O)(=O)c2ccccc2)C2=C(Oc3cc4c(cc3O2)C2(CC4(C)C)CC(C)(C)c3cc4c(cc32)OC(C)(CC)C(C)(CC)O4)C1S(=O)c1ccccc1. The molecule has 9 rings (SSSR count). The first-order chi connectivity index (χ1) is 27.8. The Kier molecular flexibility index (Phi) is 9.06. The Balaban J connectivity index is 1.22. The summed E-state index contributed by atoms with van der Waals surface area (Å²) in [5.41, 5.74) is 4.39. The van der Waals surface area contributed by atoms with Crippen LogP contribution in [-0.4, -0.2) is 34.3 Å². The quantitative estimate of drug-likeness (QED) is 0.171. The van der Waals surface area contributed by atoms with Crippen LogP contribution in [-0.2, 0) is 36.9 Å². The van der Waals surface area contributed by atoms with Crippen molar-refractivity contribution in [1.82, 2.24) is 0 Å². The number of benzene rings is 4. The second kappa shape index (κ2) is 13.3. The molecule has 2 heterocycles. The molecule has 59 heavy (non-hydrogen) atoms. The van der Waals surface area contributed by atoms with Gasteiger partial charge in [0, 0.05) is 10.3 Å². The Morgan fingerprint density at radius 1 is 0.644 bits per heavy atom. The maximum absolute atomic E-state index is 14.8. The third-order valence-electron chi connectivity index (χ3n) is 14.6. The Morgan fingerprint density at radius 2 is 1.10 bits per heavy atom. The standard InChI is InChI=1S/C50H56O7S2/c1-11-33-30(4)45(59(52,53)32-22-18-15-19-23-32)43-42(44(33)58(51)31-20-16-14-17-21-31)54-38-24-34-36(26-39(38)55-43)50(28-46(34,5)6)29-47(7,8)35-25-40-41(27-37(35)50)57-49(10,13-3)48(9,12-2)56-40/h14-27,44-45H,11-13,28-29H2,1-10H3. The van der Waals surface area contributed by atoms with Crippen molar-refractivity contribution in [2.75, 3.05) is 0 Å². The molecular weight excluding hydrogens is 777 g/mol. The Labute approximate surface area is 352 Å². The molecule has 1 spiro atoms. The second-order valence-electron chi connectivity index (χ2n) is 19.0. The fraction of sp³-hybridized carbons (Fsp3) is 0.440. The van der Waals surface area contributed by atoms with Gasteiger partial charge in [-0.15, -0.1) is 0 Å². The van der Waals surface area contributed by atoms with Gasteiger partial charge in [-0.3, -0.25) is 4.21 Å². The summed E-state index contributed by atoms with van der Waals surface area (Å²) in [4.78, 5) is 0.827. The highest BCUT2D eigenvalue weighted by molar-refractivity contribution is 7.92. The lowest BCUT2D eigenvalue weighted by Gasteiger charge is -2.49. The minimum atomic E-state index is -4.03. The summed E-state index contributed by atoms with van der Waals surface area (Å²) in [6.07, 6.45) is 3.83. The average molecular weight is 833 g/mol. The predicted molar refractivity (Wildman–Crippen MR) is 233 cm³/mol. The zero-order valence-corrected chi connectivity index (χ0v) is 37.6. The molecule has 4 aromatic rings. The minimum Gasteiger partial charge on any atom is -0.480 e. The highest BCUT2D eigenvalue weighted by Crippen LogP contribution is 2.66. The van der Waals surface area contributed by atoms with E-state index < -0.39 is 42.3 Å². The van der Waals surface area contributed by atoms with Gasteiger partial charge in [0.1, 0.15) is 21.7 Å². The maximum Gasteiger partial charge on any atom is 0.192 e. The van der Waals surface area contributed by atoms with Gasteiger partial charge in [-0.2, -0.15) is 0 Å². The topological polar surface area (TPSA) is 88.1 Å². The summed E-state index contributed by atoms with van der Waals surface area (Å²) in [6.45, 7) is 21.7. The van der Waals surface area contributed by atoms with Crippen LogP contribution >= 0.6 is 0 Å². The molecule has 5 aliphatic rings. The van der Waals surface area contributed by atoms with Crippen LogP contribution in [0.25, 0.3) is 0 Å². The smallest absolute Gasteiger partial charge is 0.192 e. The molecule has 0 fully saturated rings. The van der Waals surface area contributed by atoms with E-state index in [4.69, 9.17) is 18.9 Å². The van der Waals surface area contributed by atoms with Crippen molar-refractivity contribution < 1.29 is 31.6 Å². The molecule has 0 amide bonds. The average Bonchev–Trinajstić information content (AvgIpc) is 3.56. The molecule has 4 aromatic carbocycles. The monoisotopic (exact) mass is 832 g/mol. The van der Waals surface area contributed by atoms with E-state index in [9.17, 15) is 12.6 Å². The zero-order chi connectivity index (χ0) is 42.1. The number of fused-ring (bicyclic) bond motifs is 6. The lowest BCUT2D eigenvalue weighted by Crippen LogP contribution is -2.59. The first-order valence-corrected chi connectivity index (χ1v) is 23.9. The largest absolute Gasteiger partial charge is 0.480 e. The van der Waals surface area contributed by atoms with E-state index in [2.05, 4.69) is 79.7 Å². The van der Waals surface area contributed by atoms with E-state index in [1.807, 2.05) is 44.2 Å². The minimum absolute atomic E-state index is 0.182. The zero-order valence-electron chi connectivity index (χ0n) is 35.9. The van der Waals surface area contributed by atoms with Crippen LogP contribution in [0.4, 0.5) is 0 Å². The van der Waals surface area contributed by atoms with Gasteiger partial charge in [0.15, 0.2) is 44.4 Å². The van der Waals surface area contributed by atoms with Gasteiger partial charge in [0.2, 0.25) is 0 Å². The van der Waals surface area contributed by atoms with E-state index in [0.717, 1.165) is 53.9 Å². The van der Waals surface area contributed by atoms with Crippen LogP contribution in [0.5, 0.6) is 23.0 Å². The van der Waals surface area contributed by atoms with Gasteiger partial charge in [-0.1, -0.05) is 84.9 Å². The van der Waals surface area contributed by atoms with E-state index >= 15 is 0 Å². The molecule has 7 nitrogen and oxygen atoms in total. The van der Waals surface area contributed by atoms with Crippen LogP contribution in [0, 0.1) is 0 Å². The number of rotatable bonds is 7. The highest BCUT2D eigenvalue weighted by Gasteiger charge is 2.59. The number of ether oxygens (including phenoxy) is 4. The first kappa shape index (κ1) is 40.1. The Hall–Kier alpha value is -4.34. The third kappa shape index (κ3) is 5.69. The van der Waals surface area contributed by atoms with Crippen LogP contribution in [0.15, 0.2) is 117 Å². The summed E-state index contributed by atoms with van der Waals surface area (Å²) >= 11 is 0. The van der Waals surface area contributed by atoms with Crippen LogP contribution < -0.4 is 18.9 Å². The summed E-state index contributed by atoms with van der Waals surface area (Å²) < 4.78 is 72.1. The van der Waals surface area contributed by atoms with Crippen molar-refractivity contribution >= 4 is 20.6 Å². The van der Waals surface area contributed by atoms with Crippen molar-refractivity contribution in [3.8, 4) is 23.0 Å². The highest BCUT2D eigenvalue weighted by atomic mass is 32.2. The lowest BCUT2D eigenvalue weighted by molar-refractivity contribution is -0.125. The van der Waals surface area contributed by atoms with Crippen LogP contribution in [0.1, 0.15) is 124 Å². The summed E-state index contributed by atoms with van der Waals surface area (Å²) in [6, 6.07) is 26.5. The molecule has 6 atom stereocenters. The molecule has 3 aliphatic carbocycles. The molecule has 2 aliphatic heterocycles. The van der Waals surface area contributed by atoms with Gasteiger partial charge >= 0.3 is 0 Å². The molecule has 9 heteroatoms. The van der Waals surface area contributed by atoms with Gasteiger partial charge in [0.25, 0.3) is 0 Å². The molecule has 0 N–H and O–H groups in total. The molecule has 0 saturated carbocycles. The summed E-state index contributed by atoms with van der Waals surface area (Å²) in [5, 5.41) is -1.90. The van der Waals surface area contributed by atoms with E-state index in [0.29, 0.717) is 34.1 Å². The molecule has 0 aromatic heterocycles. The molecule has 0 bridgehead atoms. The van der Waals surface area contributed by atoms with Crippen molar-refractivity contribution in [3.05, 3.63) is 130 Å². The molecular formula is C50H56O7S2. The molecule has 0 radical (unpaired) electrons. The summed E-state index contributed by atoms with van der Waals surface area (Å²) in [5.74, 6) is 3.02. The van der Waals surface area contributed by atoms with Crippen LogP contribution in [0.3, 0.4) is 0 Å². The van der Waals surface area contributed by atoms with Gasteiger partial charge in [-0.05, 0) is 146 Å².